The zero-order valence-electron chi connectivity index (χ0n) is 16.1. The van der Waals surface area contributed by atoms with E-state index in [1.54, 1.807) is 36.4 Å². The van der Waals surface area contributed by atoms with Crippen molar-refractivity contribution < 1.29 is 19.4 Å². The van der Waals surface area contributed by atoms with Crippen molar-refractivity contribution in [2.75, 3.05) is 13.2 Å². The summed E-state index contributed by atoms with van der Waals surface area (Å²) in [5.74, 6) is -1.53. The van der Waals surface area contributed by atoms with Gasteiger partial charge in [-0.05, 0) is 31.4 Å². The van der Waals surface area contributed by atoms with Gasteiger partial charge in [-0.25, -0.2) is 0 Å². The van der Waals surface area contributed by atoms with E-state index in [0.717, 1.165) is 18.4 Å². The van der Waals surface area contributed by atoms with Crippen LogP contribution < -0.4 is 0 Å². The predicted octanol–water partition coefficient (Wildman–Crippen LogP) is 4.25. The summed E-state index contributed by atoms with van der Waals surface area (Å²) in [6, 6.07) is 13.5. The highest BCUT2D eigenvalue weighted by molar-refractivity contribution is 6.47. The van der Waals surface area contributed by atoms with Crippen molar-refractivity contribution >= 4 is 29.1 Å². The maximum Gasteiger partial charge on any atom is 0.295 e. The second kappa shape index (κ2) is 8.01. The van der Waals surface area contributed by atoms with Crippen LogP contribution in [0.25, 0.3) is 5.76 Å². The normalized spacial score (nSPS) is 23.7. The molecule has 6 heteroatoms. The molecule has 2 unspecified atom stereocenters. The molecule has 0 radical (unpaired) electrons. The lowest BCUT2D eigenvalue weighted by Gasteiger charge is -2.28. The van der Waals surface area contributed by atoms with Gasteiger partial charge in [-0.2, -0.15) is 0 Å². The quantitative estimate of drug-likeness (QED) is 0.464. The van der Waals surface area contributed by atoms with Gasteiger partial charge in [-0.1, -0.05) is 59.6 Å². The maximum absolute atomic E-state index is 13.0. The number of hydrogen-bond donors (Lipinski definition) is 1. The van der Waals surface area contributed by atoms with Crippen LogP contribution in [0.1, 0.15) is 35.6 Å². The Morgan fingerprint density at radius 3 is 2.55 bits per heavy atom. The number of ether oxygens (including phenoxy) is 1. The van der Waals surface area contributed by atoms with Crippen molar-refractivity contribution in [2.24, 2.45) is 0 Å². The lowest BCUT2D eigenvalue weighted by molar-refractivity contribution is -0.140. The average molecular weight is 412 g/mol. The number of Topliss-reactive ketones (excluding diaryl/α,β-unsaturated/α-hetero) is 1. The van der Waals surface area contributed by atoms with Crippen LogP contribution >= 0.6 is 11.6 Å². The molecule has 0 aromatic heterocycles. The Balaban J connectivity index is 1.84. The molecule has 2 aromatic rings. The van der Waals surface area contributed by atoms with E-state index in [0.29, 0.717) is 22.8 Å². The van der Waals surface area contributed by atoms with Gasteiger partial charge in [0.15, 0.2) is 0 Å². The molecule has 0 bridgehead atoms. The van der Waals surface area contributed by atoms with E-state index in [9.17, 15) is 14.7 Å². The average Bonchev–Trinajstić information content (AvgIpc) is 3.31. The molecule has 2 aliphatic rings. The minimum absolute atomic E-state index is 0.0601. The Morgan fingerprint density at radius 1 is 1.17 bits per heavy atom. The highest BCUT2D eigenvalue weighted by Crippen LogP contribution is 2.42. The first-order valence-electron chi connectivity index (χ1n) is 9.69. The number of ketones is 1. The first-order chi connectivity index (χ1) is 14.0. The molecule has 0 saturated carbocycles. The highest BCUT2D eigenvalue weighted by Gasteiger charge is 2.47. The molecule has 2 heterocycles. The number of halogens is 1. The lowest BCUT2D eigenvalue weighted by atomic mass is 9.95. The summed E-state index contributed by atoms with van der Waals surface area (Å²) in [6.07, 6.45) is 1.63. The number of carbonyl (C=O) groups excluding carboxylic acids is 2. The first-order valence-corrected chi connectivity index (χ1v) is 10.1. The number of benzene rings is 2. The summed E-state index contributed by atoms with van der Waals surface area (Å²) >= 11 is 6.43. The van der Waals surface area contributed by atoms with E-state index in [1.807, 2.05) is 19.1 Å². The summed E-state index contributed by atoms with van der Waals surface area (Å²) in [4.78, 5) is 27.4. The van der Waals surface area contributed by atoms with Gasteiger partial charge >= 0.3 is 0 Å². The molecule has 2 saturated heterocycles. The minimum Gasteiger partial charge on any atom is -0.507 e. The van der Waals surface area contributed by atoms with E-state index >= 15 is 0 Å². The predicted molar refractivity (Wildman–Crippen MR) is 111 cm³/mol. The van der Waals surface area contributed by atoms with Crippen LogP contribution in [0, 0.1) is 6.92 Å². The van der Waals surface area contributed by atoms with Crippen LogP contribution in [0.2, 0.25) is 5.02 Å². The van der Waals surface area contributed by atoms with E-state index in [-0.39, 0.29) is 24.0 Å². The van der Waals surface area contributed by atoms with E-state index < -0.39 is 17.7 Å². The van der Waals surface area contributed by atoms with E-state index in [2.05, 4.69) is 0 Å². The summed E-state index contributed by atoms with van der Waals surface area (Å²) in [6.45, 7) is 2.87. The fourth-order valence-electron chi connectivity index (χ4n) is 3.96. The third-order valence-electron chi connectivity index (χ3n) is 5.49. The Hall–Kier alpha value is -2.63. The molecule has 150 valence electrons. The van der Waals surface area contributed by atoms with Crippen LogP contribution in [-0.2, 0) is 14.3 Å². The van der Waals surface area contributed by atoms with Gasteiger partial charge in [0.25, 0.3) is 11.7 Å². The van der Waals surface area contributed by atoms with Crippen LogP contribution in [0.4, 0.5) is 0 Å². The van der Waals surface area contributed by atoms with Crippen molar-refractivity contribution in [3.05, 3.63) is 75.8 Å². The molecule has 2 aliphatic heterocycles. The van der Waals surface area contributed by atoms with Gasteiger partial charge in [0.2, 0.25) is 0 Å². The Bertz CT molecular complexity index is 977. The van der Waals surface area contributed by atoms with E-state index in [4.69, 9.17) is 16.3 Å². The molecule has 1 N–H and O–H groups in total. The van der Waals surface area contributed by atoms with Crippen molar-refractivity contribution in [1.29, 1.82) is 0 Å². The first kappa shape index (κ1) is 19.7. The molecule has 2 atom stereocenters. The van der Waals surface area contributed by atoms with Crippen LogP contribution in [0.3, 0.4) is 0 Å². The number of aliphatic hydroxyl groups is 1. The molecule has 0 aliphatic carbocycles. The number of aryl methyl sites for hydroxylation is 1. The van der Waals surface area contributed by atoms with Crippen LogP contribution in [0.15, 0.2) is 54.1 Å². The van der Waals surface area contributed by atoms with Crippen LogP contribution in [0.5, 0.6) is 0 Å². The van der Waals surface area contributed by atoms with Crippen molar-refractivity contribution in [1.82, 2.24) is 4.90 Å². The SMILES string of the molecule is Cc1ccc(C(O)=C2C(=O)C(=O)N(CC3CCCO3)C2c2ccccc2Cl)cc1. The summed E-state index contributed by atoms with van der Waals surface area (Å²) in [7, 11) is 0. The second-order valence-electron chi connectivity index (χ2n) is 7.47. The van der Waals surface area contributed by atoms with E-state index in [1.165, 1.54) is 4.90 Å². The largest absolute Gasteiger partial charge is 0.507 e. The lowest BCUT2D eigenvalue weighted by Crippen LogP contribution is -2.36. The zero-order chi connectivity index (χ0) is 20.5. The zero-order valence-corrected chi connectivity index (χ0v) is 16.9. The maximum atomic E-state index is 13.0. The van der Waals surface area contributed by atoms with Gasteiger partial charge in [-0.15, -0.1) is 0 Å². The molecule has 1 amide bonds. The summed E-state index contributed by atoms with van der Waals surface area (Å²) in [5, 5.41) is 11.4. The van der Waals surface area contributed by atoms with Gasteiger partial charge < -0.3 is 14.7 Å². The fraction of sp³-hybridized carbons (Fsp3) is 0.304. The molecule has 2 aromatic carbocycles. The Labute approximate surface area is 174 Å². The van der Waals surface area contributed by atoms with Crippen molar-refractivity contribution in [3.8, 4) is 0 Å². The third-order valence-corrected chi connectivity index (χ3v) is 5.83. The molecule has 29 heavy (non-hydrogen) atoms. The number of amides is 1. The molecule has 0 spiro atoms. The summed E-state index contributed by atoms with van der Waals surface area (Å²) in [5.41, 5.74) is 2.19. The number of nitrogens with zero attached hydrogens (tertiary/aromatic N) is 1. The molecule has 2 fully saturated rings. The molecular formula is C23H22ClNO4. The smallest absolute Gasteiger partial charge is 0.295 e. The van der Waals surface area contributed by atoms with Crippen molar-refractivity contribution in [3.63, 3.8) is 0 Å². The highest BCUT2D eigenvalue weighted by atomic mass is 35.5. The number of aliphatic hydroxyl groups excluding tert-OH is 1. The monoisotopic (exact) mass is 411 g/mol. The molecular weight excluding hydrogens is 390 g/mol. The number of hydrogen-bond acceptors (Lipinski definition) is 4. The Kier molecular flexibility index (Phi) is 5.43. The standard InChI is InChI=1S/C23H22ClNO4/c1-14-8-10-15(11-9-14)21(26)19-20(17-6-2-3-7-18(17)24)25(23(28)22(19)27)13-16-5-4-12-29-16/h2-3,6-11,16,20,26H,4-5,12-13H2,1H3. The van der Waals surface area contributed by atoms with Gasteiger partial charge in [0.1, 0.15) is 5.76 Å². The van der Waals surface area contributed by atoms with Gasteiger partial charge in [0, 0.05) is 23.7 Å². The second-order valence-corrected chi connectivity index (χ2v) is 7.88. The molecule has 5 nitrogen and oxygen atoms in total. The number of carbonyl (C=O) groups is 2. The number of rotatable bonds is 4. The van der Waals surface area contributed by atoms with Gasteiger partial charge in [0.05, 0.1) is 17.7 Å². The minimum atomic E-state index is -0.755. The van der Waals surface area contributed by atoms with Crippen molar-refractivity contribution in [2.45, 2.75) is 31.9 Å². The topological polar surface area (TPSA) is 66.8 Å². The fourth-order valence-corrected chi connectivity index (χ4v) is 4.20. The number of likely N-dealkylation sites (tertiary alicyclic amines) is 1. The Morgan fingerprint density at radius 2 is 1.90 bits per heavy atom. The summed E-state index contributed by atoms with van der Waals surface area (Å²) < 4.78 is 5.69. The third kappa shape index (κ3) is 3.68. The van der Waals surface area contributed by atoms with Gasteiger partial charge in [-0.3, -0.25) is 9.59 Å². The molecule has 4 rings (SSSR count). The van der Waals surface area contributed by atoms with Crippen LogP contribution in [-0.4, -0.2) is 41.0 Å².